The van der Waals surface area contributed by atoms with Gasteiger partial charge in [0.2, 0.25) is 0 Å². The number of sulfonamides is 1. The first-order chi connectivity index (χ1) is 14.2. The third kappa shape index (κ3) is 5.60. The van der Waals surface area contributed by atoms with Gasteiger partial charge in [0.15, 0.2) is 6.10 Å². The van der Waals surface area contributed by atoms with Gasteiger partial charge >= 0.3 is 5.97 Å². The largest absolute Gasteiger partial charge is 0.449 e. The third-order valence-corrected chi connectivity index (χ3v) is 6.31. The number of rotatable bonds is 9. The summed E-state index contributed by atoms with van der Waals surface area (Å²) >= 11 is 0. The molecule has 0 saturated carbocycles. The van der Waals surface area contributed by atoms with Gasteiger partial charge in [0.25, 0.3) is 15.9 Å². The maximum atomic E-state index is 13.3. The summed E-state index contributed by atoms with van der Waals surface area (Å²) < 4.78 is 33.2. The first-order valence-electron chi connectivity index (χ1n) is 9.78. The zero-order chi connectivity index (χ0) is 22.3. The summed E-state index contributed by atoms with van der Waals surface area (Å²) in [6.07, 6.45) is 0.557. The van der Waals surface area contributed by atoms with Gasteiger partial charge in [-0.05, 0) is 43.7 Å². The Hall–Kier alpha value is -2.87. The Morgan fingerprint density at radius 2 is 1.70 bits per heavy atom. The summed E-state index contributed by atoms with van der Waals surface area (Å²) in [6.45, 7) is 3.79. The molecule has 0 heterocycles. The van der Waals surface area contributed by atoms with Crippen LogP contribution in [0.1, 0.15) is 37.0 Å². The van der Waals surface area contributed by atoms with E-state index in [1.807, 2.05) is 13.0 Å². The summed E-state index contributed by atoms with van der Waals surface area (Å²) in [6, 6.07) is 14.5. The number of benzene rings is 2. The molecule has 30 heavy (non-hydrogen) atoms. The number of amides is 1. The minimum absolute atomic E-state index is 0.0107. The molecule has 7 nitrogen and oxygen atoms in total. The van der Waals surface area contributed by atoms with Crippen LogP contribution in [0.3, 0.4) is 0 Å². The fourth-order valence-corrected chi connectivity index (χ4v) is 4.39. The lowest BCUT2D eigenvalue weighted by Crippen LogP contribution is -2.35. The van der Waals surface area contributed by atoms with E-state index in [9.17, 15) is 18.0 Å². The van der Waals surface area contributed by atoms with Crippen molar-refractivity contribution in [1.29, 1.82) is 0 Å². The number of para-hydroxylation sites is 1. The molecule has 162 valence electrons. The molecular formula is C22H28N2O5S. The monoisotopic (exact) mass is 432 g/mol. The second kappa shape index (κ2) is 10.2. The number of carbonyl (C=O) groups excluding carboxylic acids is 2. The van der Waals surface area contributed by atoms with E-state index in [0.717, 1.165) is 6.42 Å². The van der Waals surface area contributed by atoms with Crippen LogP contribution < -0.4 is 4.31 Å². The molecule has 2 aromatic carbocycles. The van der Waals surface area contributed by atoms with Gasteiger partial charge in [0.05, 0.1) is 16.1 Å². The first kappa shape index (κ1) is 23.4. The van der Waals surface area contributed by atoms with E-state index in [4.69, 9.17) is 4.74 Å². The van der Waals surface area contributed by atoms with Crippen LogP contribution in [0.5, 0.6) is 0 Å². The number of hydrogen-bond acceptors (Lipinski definition) is 5. The molecule has 0 spiro atoms. The van der Waals surface area contributed by atoms with Gasteiger partial charge < -0.3 is 9.64 Å². The van der Waals surface area contributed by atoms with Crippen LogP contribution in [0.25, 0.3) is 0 Å². The van der Waals surface area contributed by atoms with Crippen molar-refractivity contribution in [3.63, 3.8) is 0 Å². The number of ether oxygens (including phenoxy) is 1. The number of anilines is 1. The maximum absolute atomic E-state index is 13.3. The predicted molar refractivity (Wildman–Crippen MR) is 116 cm³/mol. The van der Waals surface area contributed by atoms with Crippen LogP contribution in [-0.4, -0.2) is 51.9 Å². The average molecular weight is 433 g/mol. The van der Waals surface area contributed by atoms with Crippen molar-refractivity contribution in [2.24, 2.45) is 0 Å². The summed E-state index contributed by atoms with van der Waals surface area (Å²) in [5.74, 6) is -1.11. The Morgan fingerprint density at radius 3 is 2.30 bits per heavy atom. The summed E-state index contributed by atoms with van der Waals surface area (Å²) in [5, 5.41) is 0. The van der Waals surface area contributed by atoms with Crippen LogP contribution in [0.15, 0.2) is 59.5 Å². The number of esters is 1. The van der Waals surface area contributed by atoms with Crippen molar-refractivity contribution in [3.8, 4) is 0 Å². The molecule has 0 aromatic heterocycles. The second-order valence-corrected chi connectivity index (χ2v) is 8.94. The van der Waals surface area contributed by atoms with Crippen LogP contribution in [0.4, 0.5) is 5.69 Å². The molecule has 0 bridgehead atoms. The smallest absolute Gasteiger partial charge is 0.338 e. The number of carbonyl (C=O) groups is 2. The second-order valence-electron chi connectivity index (χ2n) is 7.07. The van der Waals surface area contributed by atoms with Gasteiger partial charge in [0, 0.05) is 20.6 Å². The molecule has 0 saturated heterocycles. The minimum Gasteiger partial charge on any atom is -0.449 e. The average Bonchev–Trinajstić information content (AvgIpc) is 2.74. The van der Waals surface area contributed by atoms with Crippen molar-refractivity contribution >= 4 is 27.6 Å². The van der Waals surface area contributed by atoms with E-state index in [1.54, 1.807) is 38.4 Å². The van der Waals surface area contributed by atoms with Crippen LogP contribution in [0.2, 0.25) is 0 Å². The van der Waals surface area contributed by atoms with Crippen LogP contribution >= 0.6 is 0 Å². The standard InChI is InChI=1S/C22H28N2O5S/c1-5-6-15-24(19-12-8-7-9-13-19)30(27,28)20-14-10-11-18(16-20)22(26)29-17(2)21(25)23(3)4/h7-14,16-17H,5-6,15H2,1-4H3. The van der Waals surface area contributed by atoms with Gasteiger partial charge in [-0.25, -0.2) is 13.2 Å². The number of nitrogens with zero attached hydrogens (tertiary/aromatic N) is 2. The van der Waals surface area contributed by atoms with Crippen LogP contribution in [-0.2, 0) is 19.6 Å². The molecule has 0 aliphatic heterocycles. The topological polar surface area (TPSA) is 84.0 Å². The van der Waals surface area contributed by atoms with Gasteiger partial charge in [-0.1, -0.05) is 37.6 Å². The highest BCUT2D eigenvalue weighted by molar-refractivity contribution is 7.92. The van der Waals surface area contributed by atoms with Crippen molar-refractivity contribution < 1.29 is 22.7 Å². The zero-order valence-corrected chi connectivity index (χ0v) is 18.6. The molecule has 0 fully saturated rings. The Labute approximate surface area is 178 Å². The highest BCUT2D eigenvalue weighted by Crippen LogP contribution is 2.25. The molecular weight excluding hydrogens is 404 g/mol. The molecule has 8 heteroatoms. The van der Waals surface area contributed by atoms with Crippen LogP contribution in [0, 0.1) is 0 Å². The van der Waals surface area contributed by atoms with E-state index in [0.29, 0.717) is 18.7 Å². The van der Waals surface area contributed by atoms with Gasteiger partial charge in [-0.15, -0.1) is 0 Å². The van der Waals surface area contributed by atoms with Gasteiger partial charge in [-0.2, -0.15) is 0 Å². The molecule has 0 aliphatic rings. The number of hydrogen-bond donors (Lipinski definition) is 0. The quantitative estimate of drug-likeness (QED) is 0.568. The molecule has 1 atom stereocenters. The van der Waals surface area contributed by atoms with E-state index < -0.39 is 22.1 Å². The Kier molecular flexibility index (Phi) is 8.00. The molecule has 0 radical (unpaired) electrons. The summed E-state index contributed by atoms with van der Waals surface area (Å²) in [7, 11) is -0.763. The molecule has 1 unspecified atom stereocenters. The van der Waals surface area contributed by atoms with E-state index in [-0.39, 0.29) is 16.4 Å². The third-order valence-electron chi connectivity index (χ3n) is 4.49. The lowest BCUT2D eigenvalue weighted by molar-refractivity contribution is -0.137. The Morgan fingerprint density at radius 1 is 1.03 bits per heavy atom. The molecule has 0 N–H and O–H groups in total. The molecule has 1 amide bonds. The van der Waals surface area contributed by atoms with Crippen molar-refractivity contribution in [2.75, 3.05) is 24.9 Å². The van der Waals surface area contributed by atoms with Gasteiger partial charge in [0.1, 0.15) is 0 Å². The fourth-order valence-electron chi connectivity index (χ4n) is 2.84. The Balaban J connectivity index is 2.33. The first-order valence-corrected chi connectivity index (χ1v) is 11.2. The minimum atomic E-state index is -3.89. The SMILES string of the molecule is CCCCN(c1ccccc1)S(=O)(=O)c1cccc(C(=O)OC(C)C(=O)N(C)C)c1. The van der Waals surface area contributed by atoms with E-state index >= 15 is 0 Å². The summed E-state index contributed by atoms with van der Waals surface area (Å²) in [5.41, 5.74) is 0.627. The van der Waals surface area contributed by atoms with Crippen molar-refractivity contribution in [1.82, 2.24) is 4.90 Å². The normalized spacial score (nSPS) is 12.1. The maximum Gasteiger partial charge on any atom is 0.338 e. The lowest BCUT2D eigenvalue weighted by Gasteiger charge is -2.24. The summed E-state index contributed by atoms with van der Waals surface area (Å²) in [4.78, 5) is 25.7. The number of likely N-dealkylation sites (N-methyl/N-ethyl adjacent to an activating group) is 1. The Bertz CT molecular complexity index is 974. The van der Waals surface area contributed by atoms with Crippen molar-refractivity contribution in [2.45, 2.75) is 37.7 Å². The highest BCUT2D eigenvalue weighted by Gasteiger charge is 2.26. The predicted octanol–water partition coefficient (Wildman–Crippen LogP) is 3.32. The number of unbranched alkanes of at least 4 members (excludes halogenated alkanes) is 1. The molecule has 2 rings (SSSR count). The van der Waals surface area contributed by atoms with Crippen molar-refractivity contribution in [3.05, 3.63) is 60.2 Å². The van der Waals surface area contributed by atoms with E-state index in [1.165, 1.54) is 40.4 Å². The highest BCUT2D eigenvalue weighted by atomic mass is 32.2. The molecule has 0 aliphatic carbocycles. The molecule has 2 aromatic rings. The zero-order valence-electron chi connectivity index (χ0n) is 17.7. The fraction of sp³-hybridized carbons (Fsp3) is 0.364. The lowest BCUT2D eigenvalue weighted by atomic mass is 10.2. The van der Waals surface area contributed by atoms with Gasteiger partial charge in [-0.3, -0.25) is 9.10 Å². The van der Waals surface area contributed by atoms with E-state index in [2.05, 4.69) is 0 Å².